The molecular formula is C13H29NO. The van der Waals surface area contributed by atoms with Gasteiger partial charge < -0.3 is 10.1 Å². The average Bonchev–Trinajstić information content (AvgIpc) is 2.08. The third kappa shape index (κ3) is 8.88. The summed E-state index contributed by atoms with van der Waals surface area (Å²) in [6.45, 7) is 13.3. The van der Waals surface area contributed by atoms with Crippen molar-refractivity contribution in [1.29, 1.82) is 0 Å². The molecule has 0 aliphatic carbocycles. The summed E-state index contributed by atoms with van der Waals surface area (Å²) >= 11 is 0. The summed E-state index contributed by atoms with van der Waals surface area (Å²) in [6.07, 6.45) is 2.43. The molecular weight excluding hydrogens is 186 g/mol. The van der Waals surface area contributed by atoms with Gasteiger partial charge in [-0.05, 0) is 52.0 Å². The van der Waals surface area contributed by atoms with E-state index in [2.05, 4.69) is 39.9 Å². The Balaban J connectivity index is 3.84. The Morgan fingerprint density at radius 1 is 1.20 bits per heavy atom. The van der Waals surface area contributed by atoms with Crippen LogP contribution in [0.4, 0.5) is 0 Å². The lowest BCUT2D eigenvalue weighted by Gasteiger charge is -2.27. The third-order valence-corrected chi connectivity index (χ3v) is 2.76. The molecule has 2 nitrogen and oxygen atoms in total. The molecule has 1 N–H and O–H groups in total. The molecule has 1 atom stereocenters. The average molecular weight is 215 g/mol. The Morgan fingerprint density at radius 3 is 2.20 bits per heavy atom. The summed E-state index contributed by atoms with van der Waals surface area (Å²) in [7, 11) is 1.78. The summed E-state index contributed by atoms with van der Waals surface area (Å²) in [4.78, 5) is 0. The van der Waals surface area contributed by atoms with Crippen molar-refractivity contribution in [1.82, 2.24) is 5.32 Å². The van der Waals surface area contributed by atoms with Crippen LogP contribution in [-0.4, -0.2) is 25.8 Å². The van der Waals surface area contributed by atoms with E-state index in [0.29, 0.717) is 0 Å². The van der Waals surface area contributed by atoms with Crippen LogP contribution in [0, 0.1) is 11.8 Å². The van der Waals surface area contributed by atoms with Gasteiger partial charge in [-0.15, -0.1) is 0 Å². The van der Waals surface area contributed by atoms with Crippen LogP contribution in [0.1, 0.15) is 47.5 Å². The smallest absolute Gasteiger partial charge is 0.0462 e. The molecule has 2 heteroatoms. The van der Waals surface area contributed by atoms with Gasteiger partial charge in [0.25, 0.3) is 0 Å². The Labute approximate surface area is 95.8 Å². The Kier molecular flexibility index (Phi) is 7.20. The second kappa shape index (κ2) is 7.24. The lowest BCUT2D eigenvalue weighted by molar-refractivity contribution is 0.179. The van der Waals surface area contributed by atoms with Gasteiger partial charge in [-0.25, -0.2) is 0 Å². The minimum absolute atomic E-state index is 0.231. The summed E-state index contributed by atoms with van der Waals surface area (Å²) < 4.78 is 5.10. The minimum atomic E-state index is 0.231. The van der Waals surface area contributed by atoms with Crippen molar-refractivity contribution in [3.05, 3.63) is 0 Å². The van der Waals surface area contributed by atoms with Crippen molar-refractivity contribution in [3.8, 4) is 0 Å². The summed E-state index contributed by atoms with van der Waals surface area (Å²) in [5, 5.41) is 3.59. The Hall–Kier alpha value is -0.0800. The monoisotopic (exact) mass is 215 g/mol. The van der Waals surface area contributed by atoms with Gasteiger partial charge in [0.15, 0.2) is 0 Å². The van der Waals surface area contributed by atoms with Crippen LogP contribution in [0.15, 0.2) is 0 Å². The van der Waals surface area contributed by atoms with Gasteiger partial charge in [0, 0.05) is 19.3 Å². The van der Waals surface area contributed by atoms with Gasteiger partial charge in [0.05, 0.1) is 0 Å². The molecule has 0 rings (SSSR count). The second-order valence-electron chi connectivity index (χ2n) is 5.77. The zero-order valence-electron chi connectivity index (χ0n) is 11.4. The quantitative estimate of drug-likeness (QED) is 0.659. The highest BCUT2D eigenvalue weighted by atomic mass is 16.5. The molecule has 0 fully saturated rings. The van der Waals surface area contributed by atoms with E-state index in [-0.39, 0.29) is 5.54 Å². The first kappa shape index (κ1) is 14.9. The number of nitrogens with one attached hydrogen (secondary N) is 1. The zero-order valence-corrected chi connectivity index (χ0v) is 11.4. The van der Waals surface area contributed by atoms with Crippen LogP contribution in [0.3, 0.4) is 0 Å². The van der Waals surface area contributed by atoms with E-state index in [1.54, 1.807) is 7.11 Å². The number of hydrogen-bond acceptors (Lipinski definition) is 2. The van der Waals surface area contributed by atoms with Crippen molar-refractivity contribution in [2.24, 2.45) is 11.8 Å². The van der Waals surface area contributed by atoms with E-state index < -0.39 is 0 Å². The van der Waals surface area contributed by atoms with Crippen LogP contribution in [-0.2, 0) is 4.74 Å². The summed E-state index contributed by atoms with van der Waals surface area (Å²) in [5.41, 5.74) is 0.231. The SMILES string of the molecule is COCCCC(CNC(C)(C)C)C(C)C. The van der Waals surface area contributed by atoms with Crippen LogP contribution in [0.5, 0.6) is 0 Å². The van der Waals surface area contributed by atoms with Crippen LogP contribution in [0.2, 0.25) is 0 Å². The first-order chi connectivity index (χ1) is 6.87. The Morgan fingerprint density at radius 2 is 1.80 bits per heavy atom. The molecule has 0 aliphatic heterocycles. The molecule has 0 heterocycles. The topological polar surface area (TPSA) is 21.3 Å². The zero-order chi connectivity index (χ0) is 11.9. The highest BCUT2D eigenvalue weighted by molar-refractivity contribution is 4.74. The predicted molar refractivity (Wildman–Crippen MR) is 67.2 cm³/mol. The molecule has 0 aromatic rings. The first-order valence-corrected chi connectivity index (χ1v) is 6.11. The number of methoxy groups -OCH3 is 1. The van der Waals surface area contributed by atoms with E-state index in [9.17, 15) is 0 Å². The molecule has 0 bridgehead atoms. The molecule has 92 valence electrons. The molecule has 0 aliphatic rings. The van der Waals surface area contributed by atoms with Gasteiger partial charge in [0.1, 0.15) is 0 Å². The molecule has 0 saturated carbocycles. The van der Waals surface area contributed by atoms with Gasteiger partial charge in [-0.2, -0.15) is 0 Å². The highest BCUT2D eigenvalue weighted by Gasteiger charge is 2.16. The van der Waals surface area contributed by atoms with Crippen LogP contribution < -0.4 is 5.32 Å². The van der Waals surface area contributed by atoms with Crippen LogP contribution >= 0.6 is 0 Å². The maximum absolute atomic E-state index is 5.10. The van der Waals surface area contributed by atoms with E-state index in [1.807, 2.05) is 0 Å². The van der Waals surface area contributed by atoms with E-state index in [1.165, 1.54) is 12.8 Å². The fraction of sp³-hybridized carbons (Fsp3) is 1.00. The predicted octanol–water partition coefficient (Wildman–Crippen LogP) is 3.07. The normalized spacial score (nSPS) is 14.6. The van der Waals surface area contributed by atoms with Crippen molar-refractivity contribution < 1.29 is 4.74 Å². The summed E-state index contributed by atoms with van der Waals surface area (Å²) in [5.74, 6) is 1.51. The number of hydrogen-bond donors (Lipinski definition) is 1. The van der Waals surface area contributed by atoms with E-state index in [4.69, 9.17) is 4.74 Å². The van der Waals surface area contributed by atoms with E-state index >= 15 is 0 Å². The first-order valence-electron chi connectivity index (χ1n) is 6.11. The molecule has 0 aromatic heterocycles. The maximum Gasteiger partial charge on any atom is 0.0462 e. The molecule has 0 saturated heterocycles. The second-order valence-corrected chi connectivity index (χ2v) is 5.77. The molecule has 1 unspecified atom stereocenters. The lowest BCUT2D eigenvalue weighted by Crippen LogP contribution is -2.40. The highest BCUT2D eigenvalue weighted by Crippen LogP contribution is 2.17. The van der Waals surface area contributed by atoms with Crippen molar-refractivity contribution in [2.45, 2.75) is 53.0 Å². The van der Waals surface area contributed by atoms with Crippen molar-refractivity contribution in [3.63, 3.8) is 0 Å². The largest absolute Gasteiger partial charge is 0.385 e. The van der Waals surface area contributed by atoms with Crippen molar-refractivity contribution >= 4 is 0 Å². The van der Waals surface area contributed by atoms with Crippen molar-refractivity contribution in [2.75, 3.05) is 20.3 Å². The maximum atomic E-state index is 5.10. The Bertz CT molecular complexity index is 149. The van der Waals surface area contributed by atoms with Gasteiger partial charge >= 0.3 is 0 Å². The van der Waals surface area contributed by atoms with Gasteiger partial charge in [-0.3, -0.25) is 0 Å². The van der Waals surface area contributed by atoms with Crippen LogP contribution in [0.25, 0.3) is 0 Å². The molecule has 0 spiro atoms. The standard InChI is InChI=1S/C13H29NO/c1-11(2)12(8-7-9-15-6)10-14-13(3,4)5/h11-12,14H,7-10H2,1-6H3. The van der Waals surface area contributed by atoms with Gasteiger partial charge in [0.2, 0.25) is 0 Å². The summed E-state index contributed by atoms with van der Waals surface area (Å²) in [6, 6.07) is 0. The molecule has 0 radical (unpaired) electrons. The van der Waals surface area contributed by atoms with Gasteiger partial charge in [-0.1, -0.05) is 13.8 Å². The molecule has 0 amide bonds. The lowest BCUT2D eigenvalue weighted by atomic mass is 9.90. The fourth-order valence-corrected chi connectivity index (χ4v) is 1.60. The molecule has 0 aromatic carbocycles. The fourth-order valence-electron chi connectivity index (χ4n) is 1.60. The number of rotatable bonds is 7. The number of ether oxygens (including phenoxy) is 1. The third-order valence-electron chi connectivity index (χ3n) is 2.76. The molecule has 15 heavy (non-hydrogen) atoms. The van der Waals surface area contributed by atoms with E-state index in [0.717, 1.165) is 25.0 Å². The minimum Gasteiger partial charge on any atom is -0.385 e.